The SMILES string of the molecule is CC(C)NC1CCCN(c2ccccc2C(C)C)C1=O. The number of amides is 1. The van der Waals surface area contributed by atoms with Gasteiger partial charge in [-0.15, -0.1) is 0 Å². The lowest BCUT2D eigenvalue weighted by molar-refractivity contribution is -0.121. The van der Waals surface area contributed by atoms with Gasteiger partial charge in [0.2, 0.25) is 5.91 Å². The quantitative estimate of drug-likeness (QED) is 0.913. The number of anilines is 1. The van der Waals surface area contributed by atoms with Gasteiger partial charge in [0, 0.05) is 18.3 Å². The van der Waals surface area contributed by atoms with Gasteiger partial charge in [-0.2, -0.15) is 0 Å². The zero-order chi connectivity index (χ0) is 14.7. The fourth-order valence-electron chi connectivity index (χ4n) is 2.89. The third kappa shape index (κ3) is 3.21. The largest absolute Gasteiger partial charge is 0.311 e. The zero-order valence-corrected chi connectivity index (χ0v) is 13.0. The van der Waals surface area contributed by atoms with Crippen molar-refractivity contribution in [1.29, 1.82) is 0 Å². The van der Waals surface area contributed by atoms with Gasteiger partial charge in [0.05, 0.1) is 6.04 Å². The van der Waals surface area contributed by atoms with Crippen molar-refractivity contribution in [3.63, 3.8) is 0 Å². The smallest absolute Gasteiger partial charge is 0.244 e. The summed E-state index contributed by atoms with van der Waals surface area (Å²) in [5.41, 5.74) is 2.34. The Labute approximate surface area is 122 Å². The van der Waals surface area contributed by atoms with E-state index in [-0.39, 0.29) is 11.9 Å². The van der Waals surface area contributed by atoms with Gasteiger partial charge in [-0.05, 0) is 30.4 Å². The molecule has 3 nitrogen and oxygen atoms in total. The summed E-state index contributed by atoms with van der Waals surface area (Å²) in [6, 6.07) is 8.58. The predicted octanol–water partition coefficient (Wildman–Crippen LogP) is 3.30. The molecular weight excluding hydrogens is 248 g/mol. The Morgan fingerprint density at radius 3 is 2.55 bits per heavy atom. The monoisotopic (exact) mass is 274 g/mol. The maximum Gasteiger partial charge on any atom is 0.244 e. The van der Waals surface area contributed by atoms with Crippen LogP contribution in [-0.4, -0.2) is 24.5 Å². The molecule has 1 heterocycles. The Balaban J connectivity index is 2.26. The summed E-state index contributed by atoms with van der Waals surface area (Å²) in [6.45, 7) is 9.37. The van der Waals surface area contributed by atoms with Crippen molar-refractivity contribution in [2.45, 2.75) is 58.5 Å². The Kier molecular flexibility index (Phi) is 4.81. The van der Waals surface area contributed by atoms with Gasteiger partial charge >= 0.3 is 0 Å². The molecule has 0 bridgehead atoms. The molecule has 1 fully saturated rings. The van der Waals surface area contributed by atoms with Gasteiger partial charge in [-0.3, -0.25) is 4.79 Å². The fourth-order valence-corrected chi connectivity index (χ4v) is 2.89. The average Bonchev–Trinajstić information content (AvgIpc) is 2.40. The number of rotatable bonds is 4. The molecule has 1 atom stereocenters. The van der Waals surface area contributed by atoms with Crippen molar-refractivity contribution in [2.24, 2.45) is 0 Å². The van der Waals surface area contributed by atoms with Crippen molar-refractivity contribution < 1.29 is 4.79 Å². The Morgan fingerprint density at radius 1 is 1.20 bits per heavy atom. The molecule has 0 spiro atoms. The van der Waals surface area contributed by atoms with Gasteiger partial charge in [0.15, 0.2) is 0 Å². The lowest BCUT2D eigenvalue weighted by Crippen LogP contribution is -2.52. The van der Waals surface area contributed by atoms with Crippen LogP contribution in [0.1, 0.15) is 52.0 Å². The lowest BCUT2D eigenvalue weighted by Gasteiger charge is -2.35. The molecule has 1 aromatic rings. The van der Waals surface area contributed by atoms with Crippen molar-refractivity contribution in [1.82, 2.24) is 5.32 Å². The van der Waals surface area contributed by atoms with E-state index in [0.29, 0.717) is 12.0 Å². The topological polar surface area (TPSA) is 32.3 Å². The minimum atomic E-state index is -0.0380. The van der Waals surface area contributed by atoms with Crippen LogP contribution in [0, 0.1) is 0 Å². The van der Waals surface area contributed by atoms with Crippen molar-refractivity contribution >= 4 is 11.6 Å². The van der Waals surface area contributed by atoms with E-state index in [0.717, 1.165) is 25.1 Å². The average molecular weight is 274 g/mol. The Bertz CT molecular complexity index is 468. The van der Waals surface area contributed by atoms with Crippen molar-refractivity contribution in [3.05, 3.63) is 29.8 Å². The zero-order valence-electron chi connectivity index (χ0n) is 13.0. The number of para-hydroxylation sites is 1. The third-order valence-corrected chi connectivity index (χ3v) is 3.82. The van der Waals surface area contributed by atoms with Gasteiger partial charge in [-0.1, -0.05) is 45.9 Å². The highest BCUT2D eigenvalue weighted by Gasteiger charge is 2.30. The molecule has 2 rings (SSSR count). The second kappa shape index (κ2) is 6.40. The van der Waals surface area contributed by atoms with Crippen molar-refractivity contribution in [2.75, 3.05) is 11.4 Å². The van der Waals surface area contributed by atoms with Crippen LogP contribution in [0.3, 0.4) is 0 Å². The van der Waals surface area contributed by atoms with E-state index in [1.807, 2.05) is 11.0 Å². The van der Waals surface area contributed by atoms with E-state index in [1.165, 1.54) is 5.56 Å². The van der Waals surface area contributed by atoms with E-state index >= 15 is 0 Å². The number of nitrogens with zero attached hydrogens (tertiary/aromatic N) is 1. The van der Waals surface area contributed by atoms with Crippen LogP contribution in [0.15, 0.2) is 24.3 Å². The summed E-state index contributed by atoms with van der Waals surface area (Å²) < 4.78 is 0. The minimum Gasteiger partial charge on any atom is -0.311 e. The number of hydrogen-bond acceptors (Lipinski definition) is 2. The molecule has 20 heavy (non-hydrogen) atoms. The van der Waals surface area contributed by atoms with Crippen LogP contribution in [-0.2, 0) is 4.79 Å². The number of piperidine rings is 1. The molecule has 0 radical (unpaired) electrons. The number of hydrogen-bond donors (Lipinski definition) is 1. The maximum absolute atomic E-state index is 12.7. The number of nitrogens with one attached hydrogen (secondary N) is 1. The van der Waals surface area contributed by atoms with Gasteiger partial charge in [-0.25, -0.2) is 0 Å². The van der Waals surface area contributed by atoms with E-state index in [4.69, 9.17) is 0 Å². The molecule has 1 amide bonds. The molecule has 1 saturated heterocycles. The number of benzene rings is 1. The van der Waals surface area contributed by atoms with Crippen molar-refractivity contribution in [3.8, 4) is 0 Å². The third-order valence-electron chi connectivity index (χ3n) is 3.82. The molecule has 0 aromatic heterocycles. The highest BCUT2D eigenvalue weighted by molar-refractivity contribution is 5.98. The second-order valence-electron chi connectivity index (χ2n) is 6.22. The molecule has 0 aliphatic carbocycles. The molecular formula is C17H26N2O. The summed E-state index contributed by atoms with van der Waals surface area (Å²) in [5.74, 6) is 0.649. The van der Waals surface area contributed by atoms with E-state index in [9.17, 15) is 4.79 Å². The summed E-state index contributed by atoms with van der Waals surface area (Å²) in [5, 5.41) is 3.39. The van der Waals surface area contributed by atoms with Crippen LogP contribution in [0.5, 0.6) is 0 Å². The summed E-state index contributed by atoms with van der Waals surface area (Å²) in [6.07, 6.45) is 2.00. The summed E-state index contributed by atoms with van der Waals surface area (Å²) >= 11 is 0. The molecule has 1 N–H and O–H groups in total. The number of carbonyl (C=O) groups excluding carboxylic acids is 1. The van der Waals surface area contributed by atoms with E-state index < -0.39 is 0 Å². The molecule has 110 valence electrons. The highest BCUT2D eigenvalue weighted by atomic mass is 16.2. The fraction of sp³-hybridized carbons (Fsp3) is 0.588. The molecule has 3 heteroatoms. The van der Waals surface area contributed by atoms with Gasteiger partial charge < -0.3 is 10.2 Å². The summed E-state index contributed by atoms with van der Waals surface area (Å²) in [4.78, 5) is 14.7. The van der Waals surface area contributed by atoms with E-state index in [1.54, 1.807) is 0 Å². The standard InChI is InChI=1S/C17H26N2O/c1-12(2)14-8-5-6-10-16(14)19-11-7-9-15(17(19)20)18-13(3)4/h5-6,8,10,12-13,15,18H,7,9,11H2,1-4H3. The second-order valence-corrected chi connectivity index (χ2v) is 6.22. The normalized spacial score (nSPS) is 20.0. The van der Waals surface area contributed by atoms with Gasteiger partial charge in [0.1, 0.15) is 0 Å². The van der Waals surface area contributed by atoms with Crippen LogP contribution in [0.4, 0.5) is 5.69 Å². The predicted molar refractivity (Wildman–Crippen MR) is 84.2 cm³/mol. The van der Waals surface area contributed by atoms with Crippen LogP contribution >= 0.6 is 0 Å². The Morgan fingerprint density at radius 2 is 1.90 bits per heavy atom. The van der Waals surface area contributed by atoms with Crippen LogP contribution in [0.2, 0.25) is 0 Å². The van der Waals surface area contributed by atoms with Gasteiger partial charge in [0.25, 0.3) is 0 Å². The first kappa shape index (κ1) is 15.0. The first-order chi connectivity index (χ1) is 9.50. The first-order valence-corrected chi connectivity index (χ1v) is 7.67. The maximum atomic E-state index is 12.7. The molecule has 0 saturated carbocycles. The molecule has 1 unspecified atom stereocenters. The van der Waals surface area contributed by atoms with Crippen LogP contribution < -0.4 is 10.2 Å². The lowest BCUT2D eigenvalue weighted by atomic mass is 9.97. The molecule has 1 aromatic carbocycles. The minimum absolute atomic E-state index is 0.0380. The van der Waals surface area contributed by atoms with E-state index in [2.05, 4.69) is 51.2 Å². The Hall–Kier alpha value is -1.35. The number of carbonyl (C=O) groups is 1. The molecule has 1 aliphatic heterocycles. The summed E-state index contributed by atoms with van der Waals surface area (Å²) in [7, 11) is 0. The highest BCUT2D eigenvalue weighted by Crippen LogP contribution is 2.30. The first-order valence-electron chi connectivity index (χ1n) is 7.67. The van der Waals surface area contributed by atoms with Crippen LogP contribution in [0.25, 0.3) is 0 Å². The molecule has 1 aliphatic rings.